The first-order valence-corrected chi connectivity index (χ1v) is 7.00. The molecule has 1 N–H and O–H groups in total. The number of nitrogens with one attached hydrogen (secondary N) is 1. The summed E-state index contributed by atoms with van der Waals surface area (Å²) in [5.41, 5.74) is 3.99. The van der Waals surface area contributed by atoms with Crippen molar-refractivity contribution >= 4 is 11.6 Å². The van der Waals surface area contributed by atoms with Gasteiger partial charge in [0.05, 0.1) is 0 Å². The van der Waals surface area contributed by atoms with E-state index < -0.39 is 11.6 Å². The van der Waals surface area contributed by atoms with Crippen molar-refractivity contribution in [3.05, 3.63) is 65.4 Å². The van der Waals surface area contributed by atoms with Crippen LogP contribution in [0.3, 0.4) is 0 Å². The second-order valence-electron chi connectivity index (χ2n) is 5.38. The second kappa shape index (κ2) is 4.49. The molecule has 3 aromatic rings. The predicted octanol–water partition coefficient (Wildman–Crippen LogP) is 3.43. The Morgan fingerprint density at radius 3 is 2.27 bits per heavy atom. The number of H-pyrrole nitrogens is 1. The van der Waals surface area contributed by atoms with Gasteiger partial charge < -0.3 is 4.98 Å². The predicted molar refractivity (Wildman–Crippen MR) is 82.9 cm³/mol. The van der Waals surface area contributed by atoms with E-state index >= 15 is 0 Å². The number of hydrogen-bond donors (Lipinski definition) is 1. The minimum Gasteiger partial charge on any atom is -0.335 e. The smallest absolute Gasteiger partial charge is 0.251 e. The number of carbonyl (C=O) groups excluding carboxylic acids is 2. The standard InChI is InChI=1S/C18H12N2O2/c1-10-6-8-11(9-7-10)18-19-14-12-4-2-3-5-13(12)16(21)17(22)15(14)20-18/h2-9H,1H3,(H,19,20). The zero-order valence-electron chi connectivity index (χ0n) is 11.9. The average Bonchev–Trinajstić information content (AvgIpc) is 2.99. The number of ketones is 2. The Kier molecular flexibility index (Phi) is 2.60. The summed E-state index contributed by atoms with van der Waals surface area (Å²) in [6.45, 7) is 2.01. The Bertz CT molecular complexity index is 921. The molecule has 0 saturated carbocycles. The average molecular weight is 288 g/mol. The molecule has 1 aliphatic rings. The summed E-state index contributed by atoms with van der Waals surface area (Å²) in [5, 5.41) is 0. The number of nitrogens with zero attached hydrogens (tertiary/aromatic N) is 1. The fraction of sp³-hybridized carbons (Fsp3) is 0.0556. The summed E-state index contributed by atoms with van der Waals surface area (Å²) in [5.74, 6) is -0.412. The van der Waals surface area contributed by atoms with Crippen LogP contribution in [0.5, 0.6) is 0 Å². The highest BCUT2D eigenvalue weighted by atomic mass is 16.2. The summed E-state index contributed by atoms with van der Waals surface area (Å²) in [6.07, 6.45) is 0. The molecule has 0 fully saturated rings. The highest BCUT2D eigenvalue weighted by Gasteiger charge is 2.33. The van der Waals surface area contributed by atoms with E-state index in [-0.39, 0.29) is 5.69 Å². The largest absolute Gasteiger partial charge is 0.335 e. The highest BCUT2D eigenvalue weighted by Crippen LogP contribution is 2.33. The summed E-state index contributed by atoms with van der Waals surface area (Å²) < 4.78 is 0. The minimum atomic E-state index is -0.528. The van der Waals surface area contributed by atoms with Crippen molar-refractivity contribution < 1.29 is 9.59 Å². The molecule has 2 aromatic carbocycles. The number of rotatable bonds is 1. The Labute approximate surface area is 126 Å². The third-order valence-corrected chi connectivity index (χ3v) is 3.89. The first-order chi connectivity index (χ1) is 10.6. The van der Waals surface area contributed by atoms with Crippen molar-refractivity contribution in [3.63, 3.8) is 0 Å². The number of aryl methyl sites for hydroxylation is 1. The molecule has 1 aromatic heterocycles. The van der Waals surface area contributed by atoms with Crippen LogP contribution in [0.25, 0.3) is 22.6 Å². The maximum Gasteiger partial charge on any atom is 0.251 e. The zero-order valence-corrected chi connectivity index (χ0v) is 11.9. The zero-order chi connectivity index (χ0) is 15.3. The van der Waals surface area contributed by atoms with Gasteiger partial charge in [-0.25, -0.2) is 4.98 Å². The number of benzene rings is 2. The van der Waals surface area contributed by atoms with Crippen molar-refractivity contribution in [1.29, 1.82) is 0 Å². The number of aromatic nitrogens is 2. The normalized spacial score (nSPS) is 13.0. The monoisotopic (exact) mass is 288 g/mol. The van der Waals surface area contributed by atoms with Gasteiger partial charge in [-0.1, -0.05) is 54.1 Å². The molecule has 1 heterocycles. The van der Waals surface area contributed by atoms with Crippen molar-refractivity contribution in [2.45, 2.75) is 6.92 Å². The summed E-state index contributed by atoms with van der Waals surface area (Å²) >= 11 is 0. The van der Waals surface area contributed by atoms with Gasteiger partial charge in [-0.05, 0) is 6.92 Å². The molecule has 106 valence electrons. The van der Waals surface area contributed by atoms with E-state index in [0.717, 1.165) is 11.1 Å². The second-order valence-corrected chi connectivity index (χ2v) is 5.38. The number of fused-ring (bicyclic) bond motifs is 3. The molecule has 0 aliphatic heterocycles. The molecule has 0 radical (unpaired) electrons. The van der Waals surface area contributed by atoms with E-state index in [1.807, 2.05) is 43.3 Å². The lowest BCUT2D eigenvalue weighted by molar-refractivity contribution is 0.0812. The molecule has 0 spiro atoms. The number of carbonyl (C=O) groups is 2. The maximum atomic E-state index is 12.3. The van der Waals surface area contributed by atoms with Gasteiger partial charge in [0.15, 0.2) is 0 Å². The van der Waals surface area contributed by atoms with Gasteiger partial charge in [-0.15, -0.1) is 0 Å². The molecule has 0 atom stereocenters. The number of imidazole rings is 1. The van der Waals surface area contributed by atoms with Gasteiger partial charge in [0.2, 0.25) is 5.78 Å². The molecule has 0 bridgehead atoms. The molecule has 4 nitrogen and oxygen atoms in total. The van der Waals surface area contributed by atoms with Gasteiger partial charge in [0.1, 0.15) is 17.2 Å². The van der Waals surface area contributed by atoms with Crippen LogP contribution < -0.4 is 0 Å². The van der Waals surface area contributed by atoms with Crippen LogP contribution in [0.1, 0.15) is 26.4 Å². The van der Waals surface area contributed by atoms with Gasteiger partial charge >= 0.3 is 0 Å². The Morgan fingerprint density at radius 2 is 1.55 bits per heavy atom. The van der Waals surface area contributed by atoms with Gasteiger partial charge in [-0.2, -0.15) is 0 Å². The molecule has 1 aliphatic carbocycles. The van der Waals surface area contributed by atoms with Crippen molar-refractivity contribution in [3.8, 4) is 22.6 Å². The lowest BCUT2D eigenvalue weighted by Gasteiger charge is -2.11. The Balaban J connectivity index is 1.93. The van der Waals surface area contributed by atoms with Crippen LogP contribution in [0.4, 0.5) is 0 Å². The van der Waals surface area contributed by atoms with Crippen LogP contribution in [0, 0.1) is 6.92 Å². The van der Waals surface area contributed by atoms with Gasteiger partial charge in [0.25, 0.3) is 5.78 Å². The lowest BCUT2D eigenvalue weighted by Crippen LogP contribution is -2.21. The van der Waals surface area contributed by atoms with Crippen molar-refractivity contribution in [2.24, 2.45) is 0 Å². The van der Waals surface area contributed by atoms with Gasteiger partial charge in [-0.3, -0.25) is 9.59 Å². The highest BCUT2D eigenvalue weighted by molar-refractivity contribution is 6.52. The van der Waals surface area contributed by atoms with E-state index in [2.05, 4.69) is 9.97 Å². The summed E-state index contributed by atoms with van der Waals surface area (Å²) in [4.78, 5) is 32.0. The van der Waals surface area contributed by atoms with E-state index in [0.29, 0.717) is 22.6 Å². The van der Waals surface area contributed by atoms with Crippen LogP contribution >= 0.6 is 0 Å². The molecule has 0 unspecified atom stereocenters. The van der Waals surface area contributed by atoms with E-state index in [1.54, 1.807) is 12.1 Å². The third kappa shape index (κ3) is 1.74. The first-order valence-electron chi connectivity index (χ1n) is 7.00. The fourth-order valence-electron chi connectivity index (χ4n) is 2.70. The van der Waals surface area contributed by atoms with Crippen LogP contribution in [0.15, 0.2) is 48.5 Å². The van der Waals surface area contributed by atoms with Gasteiger partial charge in [0, 0.05) is 16.7 Å². The lowest BCUT2D eigenvalue weighted by atomic mass is 9.90. The van der Waals surface area contributed by atoms with E-state index in [4.69, 9.17) is 0 Å². The molecule has 0 saturated heterocycles. The third-order valence-electron chi connectivity index (χ3n) is 3.89. The van der Waals surface area contributed by atoms with Crippen LogP contribution in [-0.2, 0) is 0 Å². The summed E-state index contributed by atoms with van der Waals surface area (Å²) in [6, 6.07) is 14.9. The SMILES string of the molecule is Cc1ccc(-c2nc3c([nH]2)C(=O)C(=O)c2ccccc2-3)cc1. The fourth-order valence-corrected chi connectivity index (χ4v) is 2.70. The molecular weight excluding hydrogens is 276 g/mol. The quantitative estimate of drug-likeness (QED) is 0.698. The Morgan fingerprint density at radius 1 is 0.864 bits per heavy atom. The molecule has 22 heavy (non-hydrogen) atoms. The molecule has 0 amide bonds. The number of Topliss-reactive ketones (excluding diaryl/α,β-unsaturated/α-hetero) is 2. The minimum absolute atomic E-state index is 0.277. The van der Waals surface area contributed by atoms with E-state index in [1.165, 1.54) is 0 Å². The maximum absolute atomic E-state index is 12.3. The van der Waals surface area contributed by atoms with Crippen molar-refractivity contribution in [2.75, 3.05) is 0 Å². The summed E-state index contributed by atoms with van der Waals surface area (Å²) in [7, 11) is 0. The number of hydrogen-bond acceptors (Lipinski definition) is 3. The molecule has 4 rings (SSSR count). The molecular formula is C18H12N2O2. The number of aromatic amines is 1. The van der Waals surface area contributed by atoms with Crippen molar-refractivity contribution in [1.82, 2.24) is 9.97 Å². The molecule has 4 heteroatoms. The Hall–Kier alpha value is -3.01. The first kappa shape index (κ1) is 12.7. The van der Waals surface area contributed by atoms with E-state index in [9.17, 15) is 9.59 Å². The van der Waals surface area contributed by atoms with Crippen LogP contribution in [-0.4, -0.2) is 21.5 Å². The topological polar surface area (TPSA) is 62.8 Å². The van der Waals surface area contributed by atoms with Crippen LogP contribution in [0.2, 0.25) is 0 Å².